The maximum atomic E-state index is 12.3. The molecule has 1 aromatic carbocycles. The molecule has 1 saturated heterocycles. The molecule has 0 saturated carbocycles. The van der Waals surface area contributed by atoms with E-state index in [0.29, 0.717) is 12.5 Å². The van der Waals surface area contributed by atoms with Gasteiger partial charge in [0.1, 0.15) is 18.3 Å². The lowest BCUT2D eigenvalue weighted by atomic mass is 10.1. The van der Waals surface area contributed by atoms with Gasteiger partial charge in [-0.05, 0) is 18.1 Å². The minimum absolute atomic E-state index is 0.148. The van der Waals surface area contributed by atoms with Gasteiger partial charge < -0.3 is 10.1 Å². The van der Waals surface area contributed by atoms with Crippen molar-refractivity contribution in [2.24, 2.45) is 0 Å². The monoisotopic (exact) mass is 339 g/mol. The standard InChI is InChI=1S/C18H17N3O4/c22-15-10-9-14(18(24)21-15)20-17(23)13-7-4-8-16(19-13)25-11-12-5-2-1-3-6-12/h1-8,14H,9-11H2,(H,20,23)(H,21,22,24). The number of piperidine rings is 1. The van der Waals surface area contributed by atoms with Crippen LogP contribution < -0.4 is 15.4 Å². The first-order chi connectivity index (χ1) is 12.1. The second-order valence-corrected chi connectivity index (χ2v) is 5.61. The Hall–Kier alpha value is -3.22. The van der Waals surface area contributed by atoms with E-state index >= 15 is 0 Å². The number of pyridine rings is 1. The van der Waals surface area contributed by atoms with Gasteiger partial charge in [0.15, 0.2) is 0 Å². The van der Waals surface area contributed by atoms with Crippen LogP contribution in [0.1, 0.15) is 28.9 Å². The molecule has 2 N–H and O–H groups in total. The van der Waals surface area contributed by atoms with Gasteiger partial charge in [0.25, 0.3) is 5.91 Å². The zero-order chi connectivity index (χ0) is 17.6. The van der Waals surface area contributed by atoms with E-state index in [2.05, 4.69) is 15.6 Å². The van der Waals surface area contributed by atoms with E-state index in [1.807, 2.05) is 30.3 Å². The largest absolute Gasteiger partial charge is 0.473 e. The lowest BCUT2D eigenvalue weighted by Gasteiger charge is -2.21. The molecular formula is C18H17N3O4. The van der Waals surface area contributed by atoms with Gasteiger partial charge in [-0.15, -0.1) is 0 Å². The Bertz CT molecular complexity index is 792. The molecule has 1 aliphatic heterocycles. The second kappa shape index (κ2) is 7.57. The van der Waals surface area contributed by atoms with E-state index in [-0.39, 0.29) is 24.4 Å². The fourth-order valence-electron chi connectivity index (χ4n) is 2.42. The normalized spacial score (nSPS) is 16.9. The van der Waals surface area contributed by atoms with Gasteiger partial charge in [-0.3, -0.25) is 19.7 Å². The first kappa shape index (κ1) is 16.6. The van der Waals surface area contributed by atoms with Crippen molar-refractivity contribution in [1.82, 2.24) is 15.6 Å². The lowest BCUT2D eigenvalue weighted by Crippen LogP contribution is -2.52. The number of benzene rings is 1. The van der Waals surface area contributed by atoms with E-state index in [1.54, 1.807) is 12.1 Å². The summed E-state index contributed by atoms with van der Waals surface area (Å²) in [5, 5.41) is 4.78. The van der Waals surface area contributed by atoms with Crippen LogP contribution in [0.4, 0.5) is 0 Å². The Morgan fingerprint density at radius 3 is 2.72 bits per heavy atom. The number of hydrogen-bond acceptors (Lipinski definition) is 5. The van der Waals surface area contributed by atoms with Crippen molar-refractivity contribution in [3.63, 3.8) is 0 Å². The first-order valence-electron chi connectivity index (χ1n) is 7.90. The molecule has 1 fully saturated rings. The predicted molar refractivity (Wildman–Crippen MR) is 88.6 cm³/mol. The summed E-state index contributed by atoms with van der Waals surface area (Å²) in [5.74, 6) is -0.995. The van der Waals surface area contributed by atoms with Gasteiger partial charge in [-0.1, -0.05) is 36.4 Å². The summed E-state index contributed by atoms with van der Waals surface area (Å²) >= 11 is 0. The highest BCUT2D eigenvalue weighted by Crippen LogP contribution is 2.12. The van der Waals surface area contributed by atoms with Crippen LogP contribution in [0.25, 0.3) is 0 Å². The van der Waals surface area contributed by atoms with Crippen molar-refractivity contribution in [2.75, 3.05) is 0 Å². The molecule has 3 rings (SSSR count). The fourth-order valence-corrected chi connectivity index (χ4v) is 2.42. The molecule has 1 unspecified atom stereocenters. The molecule has 0 spiro atoms. The number of aromatic nitrogens is 1. The Kier molecular flexibility index (Phi) is 5.03. The molecule has 1 aliphatic rings. The molecular weight excluding hydrogens is 322 g/mol. The highest BCUT2D eigenvalue weighted by molar-refractivity contribution is 6.03. The number of imide groups is 1. The number of carbonyl (C=O) groups excluding carboxylic acids is 3. The fraction of sp³-hybridized carbons (Fsp3) is 0.222. The second-order valence-electron chi connectivity index (χ2n) is 5.61. The van der Waals surface area contributed by atoms with Crippen LogP contribution in [0.15, 0.2) is 48.5 Å². The number of amides is 3. The predicted octanol–water partition coefficient (Wildman–Crippen LogP) is 1.20. The van der Waals surface area contributed by atoms with Crippen LogP contribution in [0, 0.1) is 0 Å². The third kappa shape index (κ3) is 4.41. The molecule has 1 atom stereocenters. The molecule has 2 heterocycles. The summed E-state index contributed by atoms with van der Waals surface area (Å²) in [4.78, 5) is 39.3. The van der Waals surface area contributed by atoms with Crippen molar-refractivity contribution in [1.29, 1.82) is 0 Å². The summed E-state index contributed by atoms with van der Waals surface area (Å²) < 4.78 is 5.59. The summed E-state index contributed by atoms with van der Waals surface area (Å²) in [7, 11) is 0. The van der Waals surface area contributed by atoms with Crippen LogP contribution in [0.2, 0.25) is 0 Å². The quantitative estimate of drug-likeness (QED) is 0.798. The summed E-state index contributed by atoms with van der Waals surface area (Å²) in [6, 6.07) is 13.7. The zero-order valence-electron chi connectivity index (χ0n) is 13.4. The minimum atomic E-state index is -0.735. The zero-order valence-corrected chi connectivity index (χ0v) is 13.4. The van der Waals surface area contributed by atoms with Crippen LogP contribution >= 0.6 is 0 Å². The van der Waals surface area contributed by atoms with Crippen molar-refractivity contribution >= 4 is 17.7 Å². The maximum absolute atomic E-state index is 12.3. The third-order valence-electron chi connectivity index (χ3n) is 3.73. The average molecular weight is 339 g/mol. The smallest absolute Gasteiger partial charge is 0.270 e. The van der Waals surface area contributed by atoms with E-state index in [9.17, 15) is 14.4 Å². The minimum Gasteiger partial charge on any atom is -0.473 e. The van der Waals surface area contributed by atoms with Crippen LogP contribution in [-0.2, 0) is 16.2 Å². The van der Waals surface area contributed by atoms with Gasteiger partial charge in [0.2, 0.25) is 17.7 Å². The molecule has 2 aromatic rings. The Morgan fingerprint density at radius 2 is 1.96 bits per heavy atom. The number of carbonyl (C=O) groups is 3. The number of rotatable bonds is 5. The molecule has 25 heavy (non-hydrogen) atoms. The van der Waals surface area contributed by atoms with E-state index in [4.69, 9.17) is 4.74 Å². The number of nitrogens with one attached hydrogen (secondary N) is 2. The maximum Gasteiger partial charge on any atom is 0.270 e. The van der Waals surface area contributed by atoms with Crippen molar-refractivity contribution in [3.8, 4) is 5.88 Å². The van der Waals surface area contributed by atoms with Crippen LogP contribution in [-0.4, -0.2) is 28.7 Å². The Balaban J connectivity index is 1.61. The van der Waals surface area contributed by atoms with E-state index < -0.39 is 17.9 Å². The SMILES string of the molecule is O=C1CCC(NC(=O)c2cccc(OCc3ccccc3)n2)C(=O)N1. The highest BCUT2D eigenvalue weighted by atomic mass is 16.5. The van der Waals surface area contributed by atoms with Crippen LogP contribution in [0.3, 0.4) is 0 Å². The highest BCUT2D eigenvalue weighted by Gasteiger charge is 2.28. The molecule has 0 bridgehead atoms. The summed E-state index contributed by atoms with van der Waals surface area (Å²) in [6.07, 6.45) is 0.477. The molecule has 0 radical (unpaired) electrons. The number of hydrogen-bond donors (Lipinski definition) is 2. The Morgan fingerprint density at radius 1 is 1.16 bits per heavy atom. The van der Waals surface area contributed by atoms with Gasteiger partial charge in [0.05, 0.1) is 0 Å². The van der Waals surface area contributed by atoms with E-state index in [1.165, 1.54) is 6.07 Å². The van der Waals surface area contributed by atoms with E-state index in [0.717, 1.165) is 5.56 Å². The lowest BCUT2D eigenvalue weighted by molar-refractivity contribution is -0.134. The van der Waals surface area contributed by atoms with Gasteiger partial charge in [-0.2, -0.15) is 0 Å². The first-order valence-corrected chi connectivity index (χ1v) is 7.90. The van der Waals surface area contributed by atoms with Crippen molar-refractivity contribution in [3.05, 3.63) is 59.8 Å². The topological polar surface area (TPSA) is 97.4 Å². The van der Waals surface area contributed by atoms with Gasteiger partial charge in [-0.25, -0.2) is 4.98 Å². The molecule has 1 aromatic heterocycles. The average Bonchev–Trinajstić information content (AvgIpc) is 2.63. The number of nitrogens with zero attached hydrogens (tertiary/aromatic N) is 1. The molecule has 0 aliphatic carbocycles. The molecule has 128 valence electrons. The number of ether oxygens (including phenoxy) is 1. The van der Waals surface area contributed by atoms with Crippen LogP contribution in [0.5, 0.6) is 5.88 Å². The summed E-state index contributed by atoms with van der Waals surface area (Å²) in [6.45, 7) is 0.339. The van der Waals surface area contributed by atoms with Gasteiger partial charge in [0, 0.05) is 12.5 Å². The third-order valence-corrected chi connectivity index (χ3v) is 3.73. The van der Waals surface area contributed by atoms with Crippen molar-refractivity contribution < 1.29 is 19.1 Å². The van der Waals surface area contributed by atoms with Crippen molar-refractivity contribution in [2.45, 2.75) is 25.5 Å². The Labute approximate surface area is 144 Å². The van der Waals surface area contributed by atoms with Gasteiger partial charge >= 0.3 is 0 Å². The molecule has 3 amide bonds. The molecule has 7 heteroatoms. The summed E-state index contributed by atoms with van der Waals surface area (Å²) in [5.41, 5.74) is 1.14. The molecule has 7 nitrogen and oxygen atoms in total.